The largest absolute Gasteiger partial charge is 0.493 e. The molecule has 0 atom stereocenters. The van der Waals surface area contributed by atoms with E-state index in [2.05, 4.69) is 9.97 Å². The van der Waals surface area contributed by atoms with Crippen molar-refractivity contribution >= 4 is 23.2 Å². The van der Waals surface area contributed by atoms with Gasteiger partial charge in [-0.2, -0.15) is 0 Å². The summed E-state index contributed by atoms with van der Waals surface area (Å²) in [5, 5.41) is 0. The maximum atomic E-state index is 12.2. The summed E-state index contributed by atoms with van der Waals surface area (Å²) in [5.74, 6) is 1.60. The molecule has 6 nitrogen and oxygen atoms in total. The number of rotatable bonds is 5. The van der Waals surface area contributed by atoms with Gasteiger partial charge in [-0.3, -0.25) is 4.79 Å². The maximum Gasteiger partial charge on any atom is 0.274 e. The molecule has 0 aliphatic rings. The number of aromatic nitrogens is 2. The van der Waals surface area contributed by atoms with Crippen molar-refractivity contribution in [1.82, 2.24) is 9.97 Å². The van der Waals surface area contributed by atoms with E-state index < -0.39 is 0 Å². The van der Waals surface area contributed by atoms with Crippen LogP contribution in [0, 0.1) is 0 Å². The quantitative estimate of drug-likeness (QED) is 0.774. The fourth-order valence-corrected chi connectivity index (χ4v) is 2.53. The fourth-order valence-electron chi connectivity index (χ4n) is 2.53. The summed E-state index contributed by atoms with van der Waals surface area (Å²) in [6.07, 6.45) is 3.43. The highest BCUT2D eigenvalue weighted by Gasteiger charge is 2.12. The van der Waals surface area contributed by atoms with Gasteiger partial charge < -0.3 is 19.2 Å². The lowest BCUT2D eigenvalue weighted by molar-refractivity contribution is 0.324. The van der Waals surface area contributed by atoms with E-state index in [1.165, 1.54) is 0 Å². The summed E-state index contributed by atoms with van der Waals surface area (Å²) < 4.78 is 16.0. The predicted octanol–water partition coefficient (Wildman–Crippen LogP) is 3.12. The Balaban J connectivity index is 2.02. The third-order valence-corrected chi connectivity index (χ3v) is 3.75. The van der Waals surface area contributed by atoms with Crippen LogP contribution in [0.5, 0.6) is 17.2 Å². The average Bonchev–Trinajstić information content (AvgIpc) is 2.65. The van der Waals surface area contributed by atoms with Crippen LogP contribution in [-0.4, -0.2) is 31.3 Å². The number of nitrogens with one attached hydrogen (secondary N) is 1. The monoisotopic (exact) mass is 338 g/mol. The Kier molecular flexibility index (Phi) is 4.70. The second-order valence-corrected chi connectivity index (χ2v) is 5.26. The minimum absolute atomic E-state index is 0.248. The van der Waals surface area contributed by atoms with Crippen molar-refractivity contribution in [3.05, 3.63) is 58.0 Å². The van der Waals surface area contributed by atoms with Crippen molar-refractivity contribution in [3.63, 3.8) is 0 Å². The van der Waals surface area contributed by atoms with Gasteiger partial charge in [-0.1, -0.05) is 18.2 Å². The first-order valence-electron chi connectivity index (χ1n) is 7.63. The number of hydrogen-bond acceptors (Lipinski definition) is 5. The van der Waals surface area contributed by atoms with Crippen LogP contribution in [0.15, 0.2) is 41.2 Å². The number of H-pyrrole nitrogens is 1. The second-order valence-electron chi connectivity index (χ2n) is 5.26. The Morgan fingerprint density at radius 1 is 0.960 bits per heavy atom. The van der Waals surface area contributed by atoms with Gasteiger partial charge in [0.1, 0.15) is 5.69 Å². The smallest absolute Gasteiger partial charge is 0.274 e. The molecule has 1 aromatic heterocycles. The molecule has 0 saturated heterocycles. The molecule has 0 radical (unpaired) electrons. The van der Waals surface area contributed by atoms with Crippen LogP contribution >= 0.6 is 0 Å². The summed E-state index contributed by atoms with van der Waals surface area (Å²) in [6, 6.07) is 11.0. The zero-order valence-corrected chi connectivity index (χ0v) is 14.2. The molecule has 6 heteroatoms. The molecule has 0 saturated carbocycles. The van der Waals surface area contributed by atoms with E-state index in [9.17, 15) is 4.79 Å². The first-order valence-corrected chi connectivity index (χ1v) is 7.63. The lowest BCUT2D eigenvalue weighted by Crippen LogP contribution is -2.11. The van der Waals surface area contributed by atoms with Crippen LogP contribution in [-0.2, 0) is 0 Å². The Bertz CT molecular complexity index is 967. The van der Waals surface area contributed by atoms with Gasteiger partial charge in [0.2, 0.25) is 5.75 Å². The molecule has 0 spiro atoms. The maximum absolute atomic E-state index is 12.2. The van der Waals surface area contributed by atoms with E-state index in [4.69, 9.17) is 14.2 Å². The molecule has 0 amide bonds. The molecule has 0 unspecified atom stereocenters. The molecule has 2 aromatic carbocycles. The molecule has 0 fully saturated rings. The second kappa shape index (κ2) is 7.09. The van der Waals surface area contributed by atoms with Crippen LogP contribution < -0.4 is 19.8 Å². The standard InChI is InChI=1S/C19H18N2O4/c1-23-16-10-12(11-17(24-2)18(16)25-3)8-9-15-19(22)21-14-7-5-4-6-13(14)20-15/h4-11H,1-3H3,(H,21,22). The Morgan fingerprint density at radius 3 is 2.28 bits per heavy atom. The molecule has 1 heterocycles. The number of fused-ring (bicyclic) bond motifs is 1. The topological polar surface area (TPSA) is 73.4 Å². The number of aromatic amines is 1. The highest BCUT2D eigenvalue weighted by molar-refractivity contribution is 5.77. The number of methoxy groups -OCH3 is 3. The summed E-state index contributed by atoms with van der Waals surface area (Å²) in [5.41, 5.74) is 2.31. The lowest BCUT2D eigenvalue weighted by Gasteiger charge is -2.12. The molecule has 0 aliphatic heterocycles. The molecule has 0 bridgehead atoms. The summed E-state index contributed by atoms with van der Waals surface area (Å²) >= 11 is 0. The lowest BCUT2D eigenvalue weighted by atomic mass is 10.1. The summed E-state index contributed by atoms with van der Waals surface area (Å²) in [7, 11) is 4.66. The number of ether oxygens (including phenoxy) is 3. The van der Waals surface area contributed by atoms with Crippen molar-refractivity contribution < 1.29 is 14.2 Å². The van der Waals surface area contributed by atoms with E-state index in [1.807, 2.05) is 24.3 Å². The van der Waals surface area contributed by atoms with Crippen molar-refractivity contribution in [1.29, 1.82) is 0 Å². The zero-order valence-electron chi connectivity index (χ0n) is 14.2. The molecule has 3 aromatic rings. The van der Waals surface area contributed by atoms with Gasteiger partial charge in [0.15, 0.2) is 11.5 Å². The fraction of sp³-hybridized carbons (Fsp3) is 0.158. The normalized spacial score (nSPS) is 11.0. The average molecular weight is 338 g/mol. The minimum atomic E-state index is -0.248. The van der Waals surface area contributed by atoms with E-state index in [0.29, 0.717) is 28.5 Å². The van der Waals surface area contributed by atoms with Crippen LogP contribution in [0.2, 0.25) is 0 Å². The number of para-hydroxylation sites is 2. The minimum Gasteiger partial charge on any atom is -0.493 e. The van der Waals surface area contributed by atoms with Crippen LogP contribution in [0.4, 0.5) is 0 Å². The SMILES string of the molecule is COc1cc(C=Cc2nc3ccccc3[nH]c2=O)cc(OC)c1OC. The van der Waals surface area contributed by atoms with E-state index in [1.54, 1.807) is 45.6 Å². The van der Waals surface area contributed by atoms with Gasteiger partial charge in [-0.25, -0.2) is 4.98 Å². The third kappa shape index (κ3) is 3.33. The molecule has 1 N–H and O–H groups in total. The summed E-state index contributed by atoms with van der Waals surface area (Å²) in [4.78, 5) is 19.4. The Hall–Kier alpha value is -3.28. The van der Waals surface area contributed by atoms with E-state index >= 15 is 0 Å². The Morgan fingerprint density at radius 2 is 1.64 bits per heavy atom. The number of hydrogen-bond donors (Lipinski definition) is 1. The van der Waals surface area contributed by atoms with Crippen molar-refractivity contribution in [2.45, 2.75) is 0 Å². The highest BCUT2D eigenvalue weighted by atomic mass is 16.5. The van der Waals surface area contributed by atoms with Crippen LogP contribution in [0.3, 0.4) is 0 Å². The van der Waals surface area contributed by atoms with Crippen LogP contribution in [0.25, 0.3) is 23.2 Å². The van der Waals surface area contributed by atoms with Gasteiger partial charge in [0.25, 0.3) is 5.56 Å². The molecule has 3 rings (SSSR count). The van der Waals surface area contributed by atoms with Crippen molar-refractivity contribution in [2.24, 2.45) is 0 Å². The number of benzene rings is 2. The van der Waals surface area contributed by atoms with Gasteiger partial charge in [0, 0.05) is 0 Å². The summed E-state index contributed by atoms with van der Waals surface area (Å²) in [6.45, 7) is 0. The molecule has 0 aliphatic carbocycles. The predicted molar refractivity (Wildman–Crippen MR) is 97.4 cm³/mol. The van der Waals surface area contributed by atoms with Gasteiger partial charge in [0.05, 0.1) is 32.4 Å². The van der Waals surface area contributed by atoms with E-state index in [0.717, 1.165) is 11.1 Å². The molecular weight excluding hydrogens is 320 g/mol. The van der Waals surface area contributed by atoms with Gasteiger partial charge >= 0.3 is 0 Å². The molecular formula is C19H18N2O4. The van der Waals surface area contributed by atoms with E-state index in [-0.39, 0.29) is 5.56 Å². The molecule has 128 valence electrons. The first-order chi connectivity index (χ1) is 12.2. The third-order valence-electron chi connectivity index (χ3n) is 3.75. The van der Waals surface area contributed by atoms with Crippen molar-refractivity contribution in [2.75, 3.05) is 21.3 Å². The van der Waals surface area contributed by atoms with Crippen LogP contribution in [0.1, 0.15) is 11.3 Å². The highest BCUT2D eigenvalue weighted by Crippen LogP contribution is 2.38. The first kappa shape index (κ1) is 16.6. The zero-order chi connectivity index (χ0) is 17.8. The van der Waals surface area contributed by atoms with Crippen molar-refractivity contribution in [3.8, 4) is 17.2 Å². The Labute approximate surface area is 144 Å². The molecule has 25 heavy (non-hydrogen) atoms. The van der Waals surface area contributed by atoms with Gasteiger partial charge in [-0.05, 0) is 35.9 Å². The number of nitrogens with zero attached hydrogens (tertiary/aromatic N) is 1. The van der Waals surface area contributed by atoms with Gasteiger partial charge in [-0.15, -0.1) is 0 Å².